The van der Waals surface area contributed by atoms with Crippen molar-refractivity contribution in [3.8, 4) is 0 Å². The van der Waals surface area contributed by atoms with Crippen LogP contribution in [0.1, 0.15) is 36.5 Å². The summed E-state index contributed by atoms with van der Waals surface area (Å²) in [7, 11) is 0. The van der Waals surface area contributed by atoms with Crippen LogP contribution in [0.5, 0.6) is 0 Å². The lowest BCUT2D eigenvalue weighted by Crippen LogP contribution is -2.27. The van der Waals surface area contributed by atoms with Gasteiger partial charge in [-0.1, -0.05) is 24.6 Å². The molecule has 104 valence electrons. The van der Waals surface area contributed by atoms with Gasteiger partial charge in [0.15, 0.2) is 0 Å². The number of carboxylic acids is 1. The monoisotopic (exact) mass is 261 g/mol. The molecule has 1 atom stereocenters. The number of carboxylic acid groups (broad SMARTS) is 1. The number of benzene rings is 1. The lowest BCUT2D eigenvalue weighted by atomic mass is 9.86. The van der Waals surface area contributed by atoms with Crippen LogP contribution < -0.4 is 4.90 Å². The Kier molecular flexibility index (Phi) is 3.57. The molecule has 1 unspecified atom stereocenters. The van der Waals surface area contributed by atoms with Gasteiger partial charge in [0.1, 0.15) is 0 Å². The van der Waals surface area contributed by atoms with E-state index < -0.39 is 5.97 Å². The lowest BCUT2D eigenvalue weighted by Gasteiger charge is -2.26. The van der Waals surface area contributed by atoms with Crippen molar-refractivity contribution in [2.75, 3.05) is 18.0 Å². The average Bonchev–Trinajstić information content (AvgIpc) is 2.57. The molecule has 2 rings (SSSR count). The number of aliphatic carboxylic acids is 1. The van der Waals surface area contributed by atoms with Crippen molar-refractivity contribution in [3.05, 3.63) is 28.8 Å². The molecule has 1 heterocycles. The van der Waals surface area contributed by atoms with Crippen molar-refractivity contribution in [2.24, 2.45) is 5.41 Å². The van der Waals surface area contributed by atoms with Gasteiger partial charge in [0.05, 0.1) is 6.42 Å². The van der Waals surface area contributed by atoms with Crippen LogP contribution in [0.3, 0.4) is 0 Å². The Bertz CT molecular complexity index is 486. The van der Waals surface area contributed by atoms with Gasteiger partial charge < -0.3 is 10.0 Å². The van der Waals surface area contributed by atoms with Gasteiger partial charge in [0.2, 0.25) is 0 Å². The standard InChI is InChI=1S/C16H23NO2/c1-11-7-12(2)15(13(3)8-11)17-6-5-16(4,10-17)9-14(18)19/h7-8H,5-6,9-10H2,1-4H3,(H,18,19). The summed E-state index contributed by atoms with van der Waals surface area (Å²) in [6, 6.07) is 4.41. The van der Waals surface area contributed by atoms with Crippen LogP contribution in [0.25, 0.3) is 0 Å². The summed E-state index contributed by atoms with van der Waals surface area (Å²) in [5.41, 5.74) is 5.05. The SMILES string of the molecule is Cc1cc(C)c(N2CCC(C)(CC(=O)O)C2)c(C)c1. The minimum Gasteiger partial charge on any atom is -0.481 e. The Morgan fingerprint density at radius 3 is 2.42 bits per heavy atom. The summed E-state index contributed by atoms with van der Waals surface area (Å²) in [5, 5.41) is 9.02. The van der Waals surface area contributed by atoms with Crippen LogP contribution in [0.4, 0.5) is 5.69 Å². The van der Waals surface area contributed by atoms with E-state index in [1.807, 2.05) is 0 Å². The Balaban J connectivity index is 2.24. The summed E-state index contributed by atoms with van der Waals surface area (Å²) in [4.78, 5) is 13.3. The molecule has 0 spiro atoms. The minimum absolute atomic E-state index is 0.102. The normalized spacial score (nSPS) is 22.8. The molecule has 0 radical (unpaired) electrons. The zero-order valence-electron chi connectivity index (χ0n) is 12.3. The van der Waals surface area contributed by atoms with Crippen LogP contribution >= 0.6 is 0 Å². The zero-order chi connectivity index (χ0) is 14.2. The van der Waals surface area contributed by atoms with Crippen LogP contribution in [0, 0.1) is 26.2 Å². The van der Waals surface area contributed by atoms with Crippen molar-refractivity contribution < 1.29 is 9.90 Å². The maximum absolute atomic E-state index is 11.0. The van der Waals surface area contributed by atoms with Crippen LogP contribution in [-0.4, -0.2) is 24.2 Å². The molecule has 0 amide bonds. The number of aryl methyl sites for hydroxylation is 3. The summed E-state index contributed by atoms with van der Waals surface area (Å²) < 4.78 is 0. The second-order valence-corrected chi connectivity index (χ2v) is 6.30. The van der Waals surface area contributed by atoms with Gasteiger partial charge in [-0.25, -0.2) is 0 Å². The van der Waals surface area contributed by atoms with Crippen molar-refractivity contribution in [3.63, 3.8) is 0 Å². The van der Waals surface area contributed by atoms with Crippen LogP contribution in [0.2, 0.25) is 0 Å². The maximum Gasteiger partial charge on any atom is 0.303 e. The summed E-state index contributed by atoms with van der Waals surface area (Å²) in [5.74, 6) is -0.693. The Morgan fingerprint density at radius 2 is 1.89 bits per heavy atom. The number of hydrogen-bond donors (Lipinski definition) is 1. The quantitative estimate of drug-likeness (QED) is 0.907. The van der Waals surface area contributed by atoms with Crippen LogP contribution in [-0.2, 0) is 4.79 Å². The fourth-order valence-electron chi connectivity index (χ4n) is 3.40. The van der Waals surface area contributed by atoms with E-state index in [4.69, 9.17) is 5.11 Å². The van der Waals surface area contributed by atoms with Gasteiger partial charge in [0.25, 0.3) is 0 Å². The second-order valence-electron chi connectivity index (χ2n) is 6.30. The topological polar surface area (TPSA) is 40.5 Å². The molecule has 1 N–H and O–H groups in total. The van der Waals surface area contributed by atoms with E-state index in [-0.39, 0.29) is 11.8 Å². The molecule has 1 aromatic rings. The molecule has 1 fully saturated rings. The Labute approximate surface area is 115 Å². The molecule has 19 heavy (non-hydrogen) atoms. The summed E-state index contributed by atoms with van der Waals surface area (Å²) in [6.45, 7) is 10.3. The first-order valence-electron chi connectivity index (χ1n) is 6.85. The molecule has 0 aromatic heterocycles. The summed E-state index contributed by atoms with van der Waals surface area (Å²) >= 11 is 0. The number of hydrogen-bond acceptors (Lipinski definition) is 2. The van der Waals surface area contributed by atoms with E-state index in [2.05, 4.69) is 44.7 Å². The Hall–Kier alpha value is -1.51. The molecular weight excluding hydrogens is 238 g/mol. The van der Waals surface area contributed by atoms with Crippen molar-refractivity contribution in [1.82, 2.24) is 0 Å². The molecule has 3 nitrogen and oxygen atoms in total. The number of carbonyl (C=O) groups is 1. The highest BCUT2D eigenvalue weighted by molar-refractivity contribution is 5.68. The van der Waals surface area contributed by atoms with Crippen molar-refractivity contribution in [2.45, 2.75) is 40.5 Å². The van der Waals surface area contributed by atoms with E-state index in [9.17, 15) is 4.79 Å². The van der Waals surface area contributed by atoms with E-state index >= 15 is 0 Å². The highest BCUT2D eigenvalue weighted by atomic mass is 16.4. The van der Waals surface area contributed by atoms with Crippen molar-refractivity contribution in [1.29, 1.82) is 0 Å². The minimum atomic E-state index is -0.693. The second kappa shape index (κ2) is 4.87. The van der Waals surface area contributed by atoms with Gasteiger partial charge in [-0.05, 0) is 43.7 Å². The first kappa shape index (κ1) is 13.9. The smallest absolute Gasteiger partial charge is 0.303 e. The third-order valence-electron chi connectivity index (χ3n) is 4.09. The molecule has 1 aliphatic heterocycles. The largest absolute Gasteiger partial charge is 0.481 e. The maximum atomic E-state index is 11.0. The first-order valence-corrected chi connectivity index (χ1v) is 6.85. The van der Waals surface area contributed by atoms with Gasteiger partial charge in [-0.3, -0.25) is 4.79 Å². The molecular formula is C16H23NO2. The fraction of sp³-hybridized carbons (Fsp3) is 0.562. The molecule has 0 saturated carbocycles. The van der Waals surface area contributed by atoms with Gasteiger partial charge in [0, 0.05) is 18.8 Å². The van der Waals surface area contributed by atoms with Crippen molar-refractivity contribution >= 4 is 11.7 Å². The number of rotatable bonds is 3. The van der Waals surface area contributed by atoms with Crippen LogP contribution in [0.15, 0.2) is 12.1 Å². The van der Waals surface area contributed by atoms with Gasteiger partial charge >= 0.3 is 5.97 Å². The highest BCUT2D eigenvalue weighted by Crippen LogP contribution is 2.38. The molecule has 1 saturated heterocycles. The predicted molar refractivity (Wildman–Crippen MR) is 77.8 cm³/mol. The fourth-order valence-corrected chi connectivity index (χ4v) is 3.40. The summed E-state index contributed by atoms with van der Waals surface area (Å²) in [6.07, 6.45) is 1.21. The predicted octanol–water partition coefficient (Wildman–Crippen LogP) is 3.30. The van der Waals surface area contributed by atoms with E-state index in [0.717, 1.165) is 19.5 Å². The third kappa shape index (κ3) is 2.91. The number of nitrogens with zero attached hydrogens (tertiary/aromatic N) is 1. The number of anilines is 1. The van der Waals surface area contributed by atoms with Gasteiger partial charge in [-0.15, -0.1) is 0 Å². The average molecular weight is 261 g/mol. The molecule has 1 aromatic carbocycles. The zero-order valence-corrected chi connectivity index (χ0v) is 12.3. The highest BCUT2D eigenvalue weighted by Gasteiger charge is 2.36. The van der Waals surface area contributed by atoms with Gasteiger partial charge in [-0.2, -0.15) is 0 Å². The first-order chi connectivity index (χ1) is 8.81. The molecule has 0 bridgehead atoms. The molecule has 0 aliphatic carbocycles. The van der Waals surface area contributed by atoms with E-state index in [1.54, 1.807) is 0 Å². The molecule has 1 aliphatic rings. The van der Waals surface area contributed by atoms with E-state index in [0.29, 0.717) is 0 Å². The third-order valence-corrected chi connectivity index (χ3v) is 4.09. The lowest BCUT2D eigenvalue weighted by molar-refractivity contribution is -0.139. The van der Waals surface area contributed by atoms with E-state index in [1.165, 1.54) is 22.4 Å². The Morgan fingerprint density at radius 1 is 1.32 bits per heavy atom. The molecule has 3 heteroatoms.